The number of carbonyl (C=O) groups excluding carboxylic acids is 1. The highest BCUT2D eigenvalue weighted by Gasteiger charge is 2.33. The van der Waals surface area contributed by atoms with Gasteiger partial charge in [-0.25, -0.2) is 13.4 Å². The molecule has 2 fully saturated rings. The van der Waals surface area contributed by atoms with Crippen molar-refractivity contribution in [1.82, 2.24) is 14.6 Å². The topological polar surface area (TPSA) is 106 Å². The molecule has 8 nitrogen and oxygen atoms in total. The van der Waals surface area contributed by atoms with Crippen molar-refractivity contribution in [3.63, 3.8) is 0 Å². The number of anilines is 1. The zero-order valence-electron chi connectivity index (χ0n) is 19.5. The number of amides is 1. The first-order valence-corrected chi connectivity index (χ1v) is 13.3. The second kappa shape index (κ2) is 10.5. The van der Waals surface area contributed by atoms with E-state index in [0.717, 1.165) is 30.4 Å². The van der Waals surface area contributed by atoms with Crippen molar-refractivity contribution in [2.45, 2.75) is 44.0 Å². The molecule has 0 bridgehead atoms. The molecule has 2 aromatic rings. The number of sulfonamides is 1. The van der Waals surface area contributed by atoms with Crippen LogP contribution in [0.4, 0.5) is 5.82 Å². The van der Waals surface area contributed by atoms with Crippen LogP contribution >= 0.6 is 0 Å². The van der Waals surface area contributed by atoms with Crippen molar-refractivity contribution in [2.24, 2.45) is 11.8 Å². The first kappa shape index (κ1) is 24.2. The number of nitriles is 1. The number of hydrogen-bond acceptors (Lipinski definition) is 6. The van der Waals surface area contributed by atoms with Crippen LogP contribution in [0, 0.1) is 23.2 Å². The van der Waals surface area contributed by atoms with Gasteiger partial charge < -0.3 is 10.2 Å². The van der Waals surface area contributed by atoms with E-state index in [2.05, 4.69) is 22.1 Å². The molecular formula is C25H31N5O3S. The first-order chi connectivity index (χ1) is 16.4. The number of nitrogens with one attached hydrogen (secondary N) is 1. The summed E-state index contributed by atoms with van der Waals surface area (Å²) in [5.41, 5.74) is 1.08. The van der Waals surface area contributed by atoms with Crippen molar-refractivity contribution in [2.75, 3.05) is 31.1 Å². The van der Waals surface area contributed by atoms with Gasteiger partial charge in [-0.2, -0.15) is 9.57 Å². The van der Waals surface area contributed by atoms with Crippen molar-refractivity contribution in [3.05, 3.63) is 53.7 Å². The van der Waals surface area contributed by atoms with Crippen LogP contribution in [0.3, 0.4) is 0 Å². The zero-order chi connectivity index (χ0) is 24.1. The van der Waals surface area contributed by atoms with Crippen LogP contribution in [0.15, 0.2) is 47.5 Å². The minimum atomic E-state index is -3.76. The zero-order valence-corrected chi connectivity index (χ0v) is 20.3. The maximum Gasteiger partial charge on any atom is 0.244 e. The van der Waals surface area contributed by atoms with Crippen LogP contribution < -0.4 is 10.2 Å². The second-order valence-corrected chi connectivity index (χ2v) is 11.1. The molecule has 2 saturated heterocycles. The van der Waals surface area contributed by atoms with Gasteiger partial charge in [0.25, 0.3) is 0 Å². The molecule has 180 valence electrons. The van der Waals surface area contributed by atoms with E-state index in [4.69, 9.17) is 0 Å². The molecule has 3 heterocycles. The normalized spacial score (nSPS) is 18.4. The van der Waals surface area contributed by atoms with Gasteiger partial charge in [0, 0.05) is 44.8 Å². The quantitative estimate of drug-likeness (QED) is 0.680. The number of rotatable bonds is 6. The molecule has 1 amide bonds. The number of hydrogen-bond donors (Lipinski definition) is 1. The lowest BCUT2D eigenvalue weighted by Crippen LogP contribution is -2.43. The molecule has 1 aromatic heterocycles. The van der Waals surface area contributed by atoms with Gasteiger partial charge in [0.05, 0.1) is 10.5 Å². The van der Waals surface area contributed by atoms with Crippen LogP contribution in [-0.2, 0) is 21.4 Å². The van der Waals surface area contributed by atoms with Gasteiger partial charge in [0.2, 0.25) is 15.9 Å². The van der Waals surface area contributed by atoms with Crippen LogP contribution in [0.2, 0.25) is 0 Å². The van der Waals surface area contributed by atoms with E-state index in [9.17, 15) is 18.5 Å². The second-order valence-electron chi connectivity index (χ2n) is 9.20. The maximum atomic E-state index is 13.0. The van der Waals surface area contributed by atoms with Gasteiger partial charge >= 0.3 is 0 Å². The number of aromatic nitrogens is 1. The molecular weight excluding hydrogens is 450 g/mol. The number of carbonyl (C=O) groups is 1. The fraction of sp³-hybridized carbons (Fsp3) is 0.480. The number of piperidine rings is 2. The summed E-state index contributed by atoms with van der Waals surface area (Å²) in [6.07, 6.45) is 5.08. The molecule has 0 saturated carbocycles. The van der Waals surface area contributed by atoms with E-state index in [1.165, 1.54) is 29.3 Å². The highest BCUT2D eigenvalue weighted by molar-refractivity contribution is 7.89. The van der Waals surface area contributed by atoms with Crippen molar-refractivity contribution < 1.29 is 13.2 Å². The minimum Gasteiger partial charge on any atom is -0.357 e. The summed E-state index contributed by atoms with van der Waals surface area (Å²) in [6.45, 7) is 5.25. The van der Waals surface area contributed by atoms with Gasteiger partial charge in [0.15, 0.2) is 0 Å². The summed E-state index contributed by atoms with van der Waals surface area (Å²) in [7, 11) is -3.76. The lowest BCUT2D eigenvalue weighted by molar-refractivity contribution is -0.126. The Bertz CT molecular complexity index is 1140. The molecule has 1 aromatic carbocycles. The van der Waals surface area contributed by atoms with Crippen molar-refractivity contribution in [3.8, 4) is 6.07 Å². The Hall–Kier alpha value is -2.96. The molecule has 1 N–H and O–H groups in total. The first-order valence-electron chi connectivity index (χ1n) is 11.9. The van der Waals surface area contributed by atoms with E-state index < -0.39 is 10.0 Å². The number of benzene rings is 1. The molecule has 2 aliphatic rings. The van der Waals surface area contributed by atoms with Gasteiger partial charge in [0.1, 0.15) is 11.9 Å². The lowest BCUT2D eigenvalue weighted by atomic mass is 9.97. The summed E-state index contributed by atoms with van der Waals surface area (Å²) >= 11 is 0. The number of pyridine rings is 1. The van der Waals surface area contributed by atoms with E-state index in [0.29, 0.717) is 19.4 Å². The van der Waals surface area contributed by atoms with Crippen molar-refractivity contribution >= 4 is 21.7 Å². The number of nitrogens with zero attached hydrogens (tertiary/aromatic N) is 4. The molecule has 9 heteroatoms. The predicted octanol–water partition coefficient (Wildman–Crippen LogP) is 2.91. The van der Waals surface area contributed by atoms with Crippen LogP contribution in [0.25, 0.3) is 0 Å². The van der Waals surface area contributed by atoms with E-state index in [1.54, 1.807) is 12.1 Å². The Balaban J connectivity index is 1.27. The molecule has 2 aliphatic heterocycles. The Morgan fingerprint density at radius 2 is 1.79 bits per heavy atom. The Labute approximate surface area is 201 Å². The fourth-order valence-electron chi connectivity index (χ4n) is 4.56. The SMILES string of the molecule is CC1CCN(c2ccc(CNC(=O)C3CCN(S(=O)(=O)c4ccccc4C#N)CC3)cn2)CC1. The maximum absolute atomic E-state index is 13.0. The van der Waals surface area contributed by atoms with Crippen LogP contribution in [0.5, 0.6) is 0 Å². The van der Waals surface area contributed by atoms with Crippen LogP contribution in [0.1, 0.15) is 43.7 Å². The average Bonchev–Trinajstić information content (AvgIpc) is 2.88. The van der Waals surface area contributed by atoms with Gasteiger partial charge in [-0.3, -0.25) is 4.79 Å². The standard InChI is InChI=1S/C25H31N5O3S/c1-19-8-12-29(13-9-19)24-7-6-20(17-27-24)18-28-25(31)21-10-14-30(15-11-21)34(32,33)23-5-3-2-4-22(23)16-26/h2-7,17,19,21H,8-15,18H2,1H3,(H,28,31). The highest BCUT2D eigenvalue weighted by Crippen LogP contribution is 2.26. The summed E-state index contributed by atoms with van der Waals surface area (Å²) in [6, 6.07) is 12.2. The van der Waals surface area contributed by atoms with Crippen LogP contribution in [-0.4, -0.2) is 49.8 Å². The molecule has 0 radical (unpaired) electrons. The van der Waals surface area contributed by atoms with Gasteiger partial charge in [-0.05, 0) is 55.4 Å². The Kier molecular flexibility index (Phi) is 7.49. The predicted molar refractivity (Wildman–Crippen MR) is 129 cm³/mol. The van der Waals surface area contributed by atoms with E-state index in [-0.39, 0.29) is 35.4 Å². The van der Waals surface area contributed by atoms with Gasteiger partial charge in [-0.15, -0.1) is 0 Å². The monoisotopic (exact) mass is 481 g/mol. The summed E-state index contributed by atoms with van der Waals surface area (Å²) in [4.78, 5) is 19.6. The highest BCUT2D eigenvalue weighted by atomic mass is 32.2. The fourth-order valence-corrected chi connectivity index (χ4v) is 6.17. The lowest BCUT2D eigenvalue weighted by Gasteiger charge is -2.31. The Morgan fingerprint density at radius 3 is 2.44 bits per heavy atom. The Morgan fingerprint density at radius 1 is 1.09 bits per heavy atom. The summed E-state index contributed by atoms with van der Waals surface area (Å²) in [5, 5.41) is 12.2. The largest absolute Gasteiger partial charge is 0.357 e. The third kappa shape index (κ3) is 5.40. The molecule has 34 heavy (non-hydrogen) atoms. The molecule has 0 spiro atoms. The minimum absolute atomic E-state index is 0.0235. The molecule has 4 rings (SSSR count). The summed E-state index contributed by atoms with van der Waals surface area (Å²) in [5.74, 6) is 1.45. The van der Waals surface area contributed by atoms with Crippen molar-refractivity contribution in [1.29, 1.82) is 5.26 Å². The third-order valence-corrected chi connectivity index (χ3v) is 8.79. The van der Waals surface area contributed by atoms with E-state index >= 15 is 0 Å². The molecule has 0 aliphatic carbocycles. The third-order valence-electron chi connectivity index (χ3n) is 6.83. The summed E-state index contributed by atoms with van der Waals surface area (Å²) < 4.78 is 27.3. The molecule has 0 atom stereocenters. The van der Waals surface area contributed by atoms with Gasteiger partial charge in [-0.1, -0.05) is 25.1 Å². The van der Waals surface area contributed by atoms with E-state index in [1.807, 2.05) is 24.4 Å². The average molecular weight is 482 g/mol. The molecule has 0 unspecified atom stereocenters. The smallest absolute Gasteiger partial charge is 0.244 e.